The van der Waals surface area contributed by atoms with E-state index in [2.05, 4.69) is 5.32 Å². The molecule has 0 radical (unpaired) electrons. The average Bonchev–Trinajstić information content (AvgIpc) is 2.68. The predicted octanol–water partition coefficient (Wildman–Crippen LogP) is 2.01. The van der Waals surface area contributed by atoms with Gasteiger partial charge in [-0.1, -0.05) is 6.42 Å². The van der Waals surface area contributed by atoms with Crippen LogP contribution in [0.2, 0.25) is 0 Å². The van der Waals surface area contributed by atoms with Crippen molar-refractivity contribution in [3.63, 3.8) is 0 Å². The van der Waals surface area contributed by atoms with Crippen LogP contribution in [0, 0.1) is 0 Å². The summed E-state index contributed by atoms with van der Waals surface area (Å²) in [5.74, 6) is 0.221. The molecule has 4 nitrogen and oxygen atoms in total. The summed E-state index contributed by atoms with van der Waals surface area (Å²) >= 11 is 0. The summed E-state index contributed by atoms with van der Waals surface area (Å²) in [4.78, 5) is 10.2. The van der Waals surface area contributed by atoms with Gasteiger partial charge in [-0.3, -0.25) is 4.79 Å². The van der Waals surface area contributed by atoms with Crippen molar-refractivity contribution >= 4 is 5.97 Å². The minimum atomic E-state index is -0.710. The summed E-state index contributed by atoms with van der Waals surface area (Å²) in [5.41, 5.74) is 0. The molecule has 84 valence electrons. The monoisotopic (exact) mass is 211 g/mol. The van der Waals surface area contributed by atoms with Crippen LogP contribution in [0.25, 0.3) is 0 Å². The SMILES string of the molecule is O=C(O)CCCCCNCc1ccco1. The van der Waals surface area contributed by atoms with E-state index in [1.165, 1.54) is 0 Å². The summed E-state index contributed by atoms with van der Waals surface area (Å²) in [6.07, 6.45) is 4.66. The highest BCUT2D eigenvalue weighted by atomic mass is 16.4. The van der Waals surface area contributed by atoms with Crippen molar-refractivity contribution in [3.05, 3.63) is 24.2 Å². The zero-order valence-electron chi connectivity index (χ0n) is 8.74. The van der Waals surface area contributed by atoms with Gasteiger partial charge in [0.25, 0.3) is 0 Å². The third-order valence-electron chi connectivity index (χ3n) is 2.12. The van der Waals surface area contributed by atoms with E-state index in [0.29, 0.717) is 0 Å². The highest BCUT2D eigenvalue weighted by Gasteiger charge is 1.97. The highest BCUT2D eigenvalue weighted by molar-refractivity contribution is 5.66. The molecule has 0 amide bonds. The van der Waals surface area contributed by atoms with Crippen LogP contribution in [0.3, 0.4) is 0 Å². The smallest absolute Gasteiger partial charge is 0.303 e. The minimum absolute atomic E-state index is 0.276. The maximum Gasteiger partial charge on any atom is 0.303 e. The van der Waals surface area contributed by atoms with Crippen LogP contribution < -0.4 is 5.32 Å². The molecule has 1 rings (SSSR count). The zero-order chi connectivity index (χ0) is 10.9. The van der Waals surface area contributed by atoms with Gasteiger partial charge >= 0.3 is 5.97 Å². The van der Waals surface area contributed by atoms with Crippen LogP contribution >= 0.6 is 0 Å². The lowest BCUT2D eigenvalue weighted by molar-refractivity contribution is -0.137. The van der Waals surface area contributed by atoms with Crippen molar-refractivity contribution in [3.8, 4) is 0 Å². The van der Waals surface area contributed by atoms with Gasteiger partial charge in [0.15, 0.2) is 0 Å². The third kappa shape index (κ3) is 5.91. The molecule has 2 N–H and O–H groups in total. The second-order valence-electron chi connectivity index (χ2n) is 3.46. The fourth-order valence-corrected chi connectivity index (χ4v) is 1.33. The van der Waals surface area contributed by atoms with Gasteiger partial charge in [0.2, 0.25) is 0 Å². The first-order valence-electron chi connectivity index (χ1n) is 5.24. The fraction of sp³-hybridized carbons (Fsp3) is 0.545. The standard InChI is InChI=1S/C11H17NO3/c13-11(14)6-2-1-3-7-12-9-10-5-4-8-15-10/h4-5,8,12H,1-3,6-7,9H2,(H,13,14). The highest BCUT2D eigenvalue weighted by Crippen LogP contribution is 2.00. The van der Waals surface area contributed by atoms with Crippen molar-refractivity contribution in [2.24, 2.45) is 0 Å². The molecule has 15 heavy (non-hydrogen) atoms. The van der Waals surface area contributed by atoms with Crippen molar-refractivity contribution in [1.29, 1.82) is 0 Å². The molecular formula is C11H17NO3. The first kappa shape index (κ1) is 11.8. The van der Waals surface area contributed by atoms with Crippen LogP contribution in [0.4, 0.5) is 0 Å². The number of aliphatic carboxylic acids is 1. The number of rotatable bonds is 8. The first-order valence-corrected chi connectivity index (χ1v) is 5.24. The van der Waals surface area contributed by atoms with Gasteiger partial charge in [-0.2, -0.15) is 0 Å². The van der Waals surface area contributed by atoms with Crippen LogP contribution in [-0.4, -0.2) is 17.6 Å². The van der Waals surface area contributed by atoms with Crippen molar-refractivity contribution in [2.45, 2.75) is 32.2 Å². The molecule has 0 saturated heterocycles. The number of hydrogen-bond donors (Lipinski definition) is 2. The maximum absolute atomic E-state index is 10.2. The van der Waals surface area contributed by atoms with Crippen molar-refractivity contribution in [2.75, 3.05) is 6.54 Å². The Labute approximate surface area is 89.3 Å². The molecule has 0 aliphatic heterocycles. The van der Waals surface area contributed by atoms with Gasteiger partial charge in [0, 0.05) is 6.42 Å². The number of carboxylic acids is 1. The summed E-state index contributed by atoms with van der Waals surface area (Å²) in [6.45, 7) is 1.65. The van der Waals surface area contributed by atoms with E-state index >= 15 is 0 Å². The van der Waals surface area contributed by atoms with E-state index in [1.807, 2.05) is 12.1 Å². The predicted molar refractivity (Wildman–Crippen MR) is 56.5 cm³/mol. The van der Waals surface area contributed by atoms with E-state index in [9.17, 15) is 4.79 Å². The molecule has 0 bridgehead atoms. The Hall–Kier alpha value is -1.29. The van der Waals surface area contributed by atoms with Crippen molar-refractivity contribution in [1.82, 2.24) is 5.32 Å². The molecule has 0 aromatic carbocycles. The van der Waals surface area contributed by atoms with Gasteiger partial charge in [0.05, 0.1) is 12.8 Å². The summed E-state index contributed by atoms with van der Waals surface area (Å²) < 4.78 is 5.15. The second kappa shape index (κ2) is 7.06. The summed E-state index contributed by atoms with van der Waals surface area (Å²) in [7, 11) is 0. The molecule has 0 aliphatic rings. The minimum Gasteiger partial charge on any atom is -0.481 e. The molecule has 0 aliphatic carbocycles. The van der Waals surface area contributed by atoms with Crippen LogP contribution in [0.15, 0.2) is 22.8 Å². The van der Waals surface area contributed by atoms with Crippen LogP contribution in [0.5, 0.6) is 0 Å². The maximum atomic E-state index is 10.2. The number of unbranched alkanes of at least 4 members (excludes halogenated alkanes) is 2. The van der Waals surface area contributed by atoms with Gasteiger partial charge in [0.1, 0.15) is 5.76 Å². The van der Waals surface area contributed by atoms with Gasteiger partial charge in [-0.15, -0.1) is 0 Å². The topological polar surface area (TPSA) is 62.5 Å². The Balaban J connectivity index is 1.87. The van der Waals surface area contributed by atoms with E-state index in [-0.39, 0.29) is 6.42 Å². The van der Waals surface area contributed by atoms with Gasteiger partial charge < -0.3 is 14.8 Å². The van der Waals surface area contributed by atoms with Crippen molar-refractivity contribution < 1.29 is 14.3 Å². The number of carboxylic acid groups (broad SMARTS) is 1. The first-order chi connectivity index (χ1) is 7.29. The summed E-state index contributed by atoms with van der Waals surface area (Å²) in [5, 5.41) is 11.6. The lowest BCUT2D eigenvalue weighted by atomic mass is 10.2. The summed E-state index contributed by atoms with van der Waals surface area (Å²) in [6, 6.07) is 3.79. The molecule has 0 atom stereocenters. The molecule has 0 unspecified atom stereocenters. The number of furan rings is 1. The quantitative estimate of drug-likeness (QED) is 0.646. The van der Waals surface area contributed by atoms with Gasteiger partial charge in [-0.05, 0) is 31.5 Å². The van der Waals surface area contributed by atoms with Crippen LogP contribution in [-0.2, 0) is 11.3 Å². The van der Waals surface area contributed by atoms with E-state index in [4.69, 9.17) is 9.52 Å². The Kier molecular flexibility index (Phi) is 5.55. The van der Waals surface area contributed by atoms with E-state index in [0.717, 1.165) is 38.1 Å². The molecule has 0 fully saturated rings. The second-order valence-corrected chi connectivity index (χ2v) is 3.46. The Morgan fingerprint density at radius 2 is 2.27 bits per heavy atom. The van der Waals surface area contributed by atoms with E-state index < -0.39 is 5.97 Å². The molecule has 4 heteroatoms. The molecule has 1 heterocycles. The van der Waals surface area contributed by atoms with Crippen LogP contribution in [0.1, 0.15) is 31.4 Å². The molecule has 1 aromatic rings. The Bertz CT molecular complexity index is 269. The van der Waals surface area contributed by atoms with E-state index in [1.54, 1.807) is 6.26 Å². The lowest BCUT2D eigenvalue weighted by Crippen LogP contribution is -2.14. The number of carbonyl (C=O) groups is 1. The van der Waals surface area contributed by atoms with Gasteiger partial charge in [-0.25, -0.2) is 0 Å². The molecule has 1 aromatic heterocycles. The third-order valence-corrected chi connectivity index (χ3v) is 2.12. The number of nitrogens with one attached hydrogen (secondary N) is 1. The Morgan fingerprint density at radius 1 is 1.40 bits per heavy atom. The molecular weight excluding hydrogens is 194 g/mol. The number of hydrogen-bond acceptors (Lipinski definition) is 3. The Morgan fingerprint density at radius 3 is 2.93 bits per heavy atom. The average molecular weight is 211 g/mol. The largest absolute Gasteiger partial charge is 0.481 e. The molecule has 0 spiro atoms. The molecule has 0 saturated carbocycles. The lowest BCUT2D eigenvalue weighted by Gasteiger charge is -2.01. The normalized spacial score (nSPS) is 10.4. The zero-order valence-corrected chi connectivity index (χ0v) is 8.74. The fourth-order valence-electron chi connectivity index (χ4n) is 1.33.